The van der Waals surface area contributed by atoms with E-state index in [-0.39, 0.29) is 24.2 Å². The summed E-state index contributed by atoms with van der Waals surface area (Å²) in [6, 6.07) is 3.94. The Morgan fingerprint density at radius 1 is 1.29 bits per heavy atom. The van der Waals surface area contributed by atoms with Crippen LogP contribution in [-0.4, -0.2) is 35.5 Å². The Hall–Kier alpha value is -1.50. The van der Waals surface area contributed by atoms with E-state index in [9.17, 15) is 4.79 Å². The Morgan fingerprint density at radius 2 is 2.04 bits per heavy atom. The number of hydrogen-bond donors (Lipinski definition) is 2. The number of halogens is 1. The minimum atomic E-state index is 0. The second-order valence-electron chi connectivity index (χ2n) is 5.78. The van der Waals surface area contributed by atoms with Gasteiger partial charge in [0.1, 0.15) is 0 Å². The van der Waals surface area contributed by atoms with Crippen LogP contribution in [0.2, 0.25) is 0 Å². The molecule has 1 saturated heterocycles. The van der Waals surface area contributed by atoms with Gasteiger partial charge in [0, 0.05) is 42.2 Å². The monoisotopic (exact) mass is 366 g/mol. The van der Waals surface area contributed by atoms with Crippen molar-refractivity contribution < 1.29 is 4.79 Å². The lowest BCUT2D eigenvalue weighted by atomic mass is 9.97. The van der Waals surface area contributed by atoms with E-state index < -0.39 is 0 Å². The van der Waals surface area contributed by atoms with Crippen LogP contribution in [-0.2, 0) is 11.2 Å². The molecule has 1 aliphatic heterocycles. The number of carbonyl (C=O) groups excluding carboxylic acids is 1. The molecule has 24 heavy (non-hydrogen) atoms. The lowest BCUT2D eigenvalue weighted by molar-refractivity contribution is -0.125. The molecule has 0 saturated carbocycles. The summed E-state index contributed by atoms with van der Waals surface area (Å²) >= 11 is 1.68. The SMILES string of the molecule is Cl.O=C(NCCCc1nc(-c2ccncc2)cs1)C1CCNCC1. The number of nitrogens with one attached hydrogen (secondary N) is 2. The fourth-order valence-electron chi connectivity index (χ4n) is 2.76. The highest BCUT2D eigenvalue weighted by Gasteiger charge is 2.20. The van der Waals surface area contributed by atoms with E-state index in [1.165, 1.54) is 0 Å². The van der Waals surface area contributed by atoms with Crippen molar-refractivity contribution in [2.24, 2.45) is 5.92 Å². The van der Waals surface area contributed by atoms with E-state index in [1.54, 1.807) is 23.7 Å². The lowest BCUT2D eigenvalue weighted by Crippen LogP contribution is -2.38. The molecule has 3 rings (SSSR count). The highest BCUT2D eigenvalue weighted by Crippen LogP contribution is 2.21. The molecule has 130 valence electrons. The summed E-state index contributed by atoms with van der Waals surface area (Å²) in [7, 11) is 0. The number of aryl methyl sites for hydroxylation is 1. The standard InChI is InChI=1S/C17H22N4OS.ClH/c22-17(14-5-10-19-11-6-14)20-7-1-2-16-21-15(12-23-16)13-3-8-18-9-4-13;/h3-4,8-9,12,14,19H,1-2,5-7,10-11H2,(H,20,22);1H. The second-order valence-corrected chi connectivity index (χ2v) is 6.72. The molecule has 0 spiro atoms. The van der Waals surface area contributed by atoms with Gasteiger partial charge in [-0.25, -0.2) is 4.98 Å². The molecule has 3 heterocycles. The maximum atomic E-state index is 12.0. The zero-order valence-electron chi connectivity index (χ0n) is 13.5. The summed E-state index contributed by atoms with van der Waals surface area (Å²) < 4.78 is 0. The number of thiazole rings is 1. The number of pyridine rings is 1. The van der Waals surface area contributed by atoms with E-state index in [4.69, 9.17) is 0 Å². The molecule has 1 amide bonds. The molecule has 2 aromatic heterocycles. The van der Waals surface area contributed by atoms with E-state index in [1.807, 2.05) is 12.1 Å². The highest BCUT2D eigenvalue weighted by molar-refractivity contribution is 7.09. The van der Waals surface area contributed by atoms with Crippen LogP contribution in [0.4, 0.5) is 0 Å². The van der Waals surface area contributed by atoms with E-state index in [0.717, 1.165) is 61.6 Å². The van der Waals surface area contributed by atoms with Crippen molar-refractivity contribution in [3.63, 3.8) is 0 Å². The predicted octanol–water partition coefficient (Wildman–Crippen LogP) is 2.68. The Kier molecular flexibility index (Phi) is 7.62. The summed E-state index contributed by atoms with van der Waals surface area (Å²) in [5, 5.41) is 9.55. The van der Waals surface area contributed by atoms with Gasteiger partial charge in [-0.15, -0.1) is 23.7 Å². The first-order valence-electron chi connectivity index (χ1n) is 8.16. The summed E-state index contributed by atoms with van der Waals surface area (Å²) in [6.45, 7) is 2.64. The van der Waals surface area contributed by atoms with Gasteiger partial charge in [0.05, 0.1) is 10.7 Å². The Morgan fingerprint density at radius 3 is 2.79 bits per heavy atom. The number of aromatic nitrogens is 2. The first-order chi connectivity index (χ1) is 11.3. The van der Waals surface area contributed by atoms with Crippen LogP contribution in [0, 0.1) is 5.92 Å². The smallest absolute Gasteiger partial charge is 0.223 e. The Bertz CT molecular complexity index is 629. The van der Waals surface area contributed by atoms with Crippen molar-refractivity contribution in [2.45, 2.75) is 25.7 Å². The van der Waals surface area contributed by atoms with E-state index in [0.29, 0.717) is 0 Å². The number of amides is 1. The van der Waals surface area contributed by atoms with Gasteiger partial charge in [-0.05, 0) is 44.5 Å². The maximum absolute atomic E-state index is 12.0. The average Bonchev–Trinajstić information content (AvgIpc) is 3.09. The zero-order valence-corrected chi connectivity index (χ0v) is 15.2. The number of carbonyl (C=O) groups is 1. The molecule has 1 aliphatic rings. The molecule has 0 aromatic carbocycles. The molecule has 0 unspecified atom stereocenters. The molecule has 0 radical (unpaired) electrons. The quantitative estimate of drug-likeness (QED) is 0.771. The third-order valence-electron chi connectivity index (χ3n) is 4.10. The first kappa shape index (κ1) is 18.8. The topological polar surface area (TPSA) is 66.9 Å². The van der Waals surface area contributed by atoms with Crippen LogP contribution in [0.1, 0.15) is 24.3 Å². The summed E-state index contributed by atoms with van der Waals surface area (Å²) in [6.07, 6.45) is 7.30. The average molecular weight is 367 g/mol. The van der Waals surface area contributed by atoms with Gasteiger partial charge in [0.15, 0.2) is 0 Å². The Labute approximate surface area is 152 Å². The molecule has 2 aromatic rings. The minimum Gasteiger partial charge on any atom is -0.356 e. The van der Waals surface area contributed by atoms with E-state index >= 15 is 0 Å². The zero-order chi connectivity index (χ0) is 15.9. The number of rotatable bonds is 6. The fraction of sp³-hybridized carbons (Fsp3) is 0.471. The fourth-order valence-corrected chi connectivity index (χ4v) is 3.61. The number of piperidine rings is 1. The Balaban J connectivity index is 0.00000208. The molecule has 7 heteroatoms. The maximum Gasteiger partial charge on any atom is 0.223 e. The summed E-state index contributed by atoms with van der Waals surface area (Å²) in [5.74, 6) is 0.400. The summed E-state index contributed by atoms with van der Waals surface area (Å²) in [5.41, 5.74) is 2.10. The third kappa shape index (κ3) is 5.26. The molecule has 0 aliphatic carbocycles. The van der Waals surface area contributed by atoms with Crippen molar-refractivity contribution >= 4 is 29.7 Å². The van der Waals surface area contributed by atoms with Crippen LogP contribution in [0.5, 0.6) is 0 Å². The number of hydrogen-bond acceptors (Lipinski definition) is 5. The van der Waals surface area contributed by atoms with Crippen LogP contribution < -0.4 is 10.6 Å². The molecule has 5 nitrogen and oxygen atoms in total. The summed E-state index contributed by atoms with van der Waals surface area (Å²) in [4.78, 5) is 20.7. The normalized spacial score (nSPS) is 14.8. The molecule has 0 atom stereocenters. The van der Waals surface area contributed by atoms with Crippen LogP contribution in [0.25, 0.3) is 11.3 Å². The molecule has 1 fully saturated rings. The van der Waals surface area contributed by atoms with Crippen molar-refractivity contribution in [2.75, 3.05) is 19.6 Å². The minimum absolute atomic E-state index is 0. The first-order valence-corrected chi connectivity index (χ1v) is 9.04. The van der Waals surface area contributed by atoms with Crippen molar-refractivity contribution in [1.82, 2.24) is 20.6 Å². The number of nitrogens with zero attached hydrogens (tertiary/aromatic N) is 2. The third-order valence-corrected chi connectivity index (χ3v) is 5.01. The van der Waals surface area contributed by atoms with Gasteiger partial charge < -0.3 is 10.6 Å². The lowest BCUT2D eigenvalue weighted by Gasteiger charge is -2.21. The molecule has 2 N–H and O–H groups in total. The van der Waals surface area contributed by atoms with Crippen LogP contribution in [0.15, 0.2) is 29.9 Å². The van der Waals surface area contributed by atoms with Crippen LogP contribution in [0.3, 0.4) is 0 Å². The van der Waals surface area contributed by atoms with Gasteiger partial charge in [-0.1, -0.05) is 0 Å². The molecular formula is C17H23ClN4OS. The van der Waals surface area contributed by atoms with Crippen molar-refractivity contribution in [1.29, 1.82) is 0 Å². The van der Waals surface area contributed by atoms with E-state index in [2.05, 4.69) is 26.0 Å². The van der Waals surface area contributed by atoms with Gasteiger partial charge in [0.25, 0.3) is 0 Å². The highest BCUT2D eigenvalue weighted by atomic mass is 35.5. The van der Waals surface area contributed by atoms with Gasteiger partial charge in [-0.3, -0.25) is 9.78 Å². The van der Waals surface area contributed by atoms with Crippen molar-refractivity contribution in [3.8, 4) is 11.3 Å². The largest absolute Gasteiger partial charge is 0.356 e. The van der Waals surface area contributed by atoms with Crippen molar-refractivity contribution in [3.05, 3.63) is 34.9 Å². The van der Waals surface area contributed by atoms with Gasteiger partial charge in [-0.2, -0.15) is 0 Å². The van der Waals surface area contributed by atoms with Gasteiger partial charge in [0.2, 0.25) is 5.91 Å². The van der Waals surface area contributed by atoms with Crippen LogP contribution >= 0.6 is 23.7 Å². The van der Waals surface area contributed by atoms with Gasteiger partial charge >= 0.3 is 0 Å². The molecular weight excluding hydrogens is 344 g/mol. The predicted molar refractivity (Wildman–Crippen MR) is 99.5 cm³/mol. The molecule has 0 bridgehead atoms. The second kappa shape index (κ2) is 9.71.